The van der Waals surface area contributed by atoms with Gasteiger partial charge in [0.2, 0.25) is 0 Å². The molecule has 0 spiro atoms. The monoisotopic (exact) mass is 301 g/mol. The van der Waals surface area contributed by atoms with Crippen molar-refractivity contribution in [2.24, 2.45) is 0 Å². The van der Waals surface area contributed by atoms with Crippen molar-refractivity contribution in [3.8, 4) is 0 Å². The van der Waals surface area contributed by atoms with Crippen LogP contribution in [0.25, 0.3) is 0 Å². The third-order valence-electron chi connectivity index (χ3n) is 3.32. The van der Waals surface area contributed by atoms with Crippen LogP contribution in [0.5, 0.6) is 0 Å². The molecule has 0 radical (unpaired) electrons. The molecule has 1 atom stereocenters. The van der Waals surface area contributed by atoms with E-state index in [1.165, 1.54) is 30.5 Å². The van der Waals surface area contributed by atoms with E-state index < -0.39 is 0 Å². The zero-order valence-corrected chi connectivity index (χ0v) is 11.9. The molecular formula is C13H17BrClN. The Morgan fingerprint density at radius 1 is 1.50 bits per heavy atom. The van der Waals surface area contributed by atoms with Crippen LogP contribution in [0.3, 0.4) is 0 Å². The highest BCUT2D eigenvalue weighted by Gasteiger charge is 2.24. The van der Waals surface area contributed by atoms with Gasteiger partial charge < -0.3 is 4.90 Å². The van der Waals surface area contributed by atoms with Gasteiger partial charge in [-0.15, -0.1) is 0 Å². The average Bonchev–Trinajstić information content (AvgIpc) is 2.76. The molecule has 1 fully saturated rings. The first-order valence-electron chi connectivity index (χ1n) is 5.87. The van der Waals surface area contributed by atoms with Crippen LogP contribution in [0.2, 0.25) is 5.02 Å². The fourth-order valence-electron chi connectivity index (χ4n) is 2.44. The van der Waals surface area contributed by atoms with Crippen molar-refractivity contribution in [3.05, 3.63) is 28.8 Å². The van der Waals surface area contributed by atoms with Gasteiger partial charge in [0.1, 0.15) is 0 Å². The van der Waals surface area contributed by atoms with Gasteiger partial charge in [0.15, 0.2) is 0 Å². The summed E-state index contributed by atoms with van der Waals surface area (Å²) in [5, 5.41) is 1.75. The largest absolute Gasteiger partial charge is 0.367 e. The molecule has 16 heavy (non-hydrogen) atoms. The molecule has 0 N–H and O–H groups in total. The van der Waals surface area contributed by atoms with Crippen molar-refractivity contribution in [2.45, 2.75) is 37.6 Å². The topological polar surface area (TPSA) is 3.24 Å². The maximum absolute atomic E-state index is 6.35. The van der Waals surface area contributed by atoms with Crippen LogP contribution in [0, 0.1) is 0 Å². The first-order chi connectivity index (χ1) is 7.76. The molecule has 0 aromatic heterocycles. The van der Waals surface area contributed by atoms with Crippen LogP contribution in [0.4, 0.5) is 5.69 Å². The molecule has 1 heterocycles. The molecule has 1 aromatic carbocycles. The summed E-state index contributed by atoms with van der Waals surface area (Å²) in [6.07, 6.45) is 3.79. The van der Waals surface area contributed by atoms with E-state index in [1.54, 1.807) is 0 Å². The second kappa shape index (κ2) is 5.42. The van der Waals surface area contributed by atoms with Gasteiger partial charge in [0, 0.05) is 17.9 Å². The number of hydrogen-bond acceptors (Lipinski definition) is 1. The van der Waals surface area contributed by atoms with Crippen molar-refractivity contribution in [3.63, 3.8) is 0 Å². The standard InChI is InChI=1S/C13H17BrClN/c1-2-11-4-3-7-16(11)13-6-5-10(9-14)8-12(13)15/h5-6,8,11H,2-4,7,9H2,1H3. The van der Waals surface area contributed by atoms with Gasteiger partial charge in [0.05, 0.1) is 10.7 Å². The molecule has 0 saturated carbocycles. The van der Waals surface area contributed by atoms with Crippen LogP contribution in [0.15, 0.2) is 18.2 Å². The summed E-state index contributed by atoms with van der Waals surface area (Å²) in [7, 11) is 0. The van der Waals surface area contributed by atoms with Gasteiger partial charge in [-0.25, -0.2) is 0 Å². The second-order valence-corrected chi connectivity index (χ2v) is 5.29. The molecule has 1 aromatic rings. The molecule has 1 aliphatic heterocycles. The number of rotatable bonds is 3. The molecule has 88 valence electrons. The van der Waals surface area contributed by atoms with Gasteiger partial charge in [-0.1, -0.05) is 40.5 Å². The summed E-state index contributed by atoms with van der Waals surface area (Å²) in [6, 6.07) is 7.05. The average molecular weight is 303 g/mol. The van der Waals surface area contributed by atoms with E-state index in [9.17, 15) is 0 Å². The summed E-state index contributed by atoms with van der Waals surface area (Å²) in [4.78, 5) is 2.46. The highest BCUT2D eigenvalue weighted by molar-refractivity contribution is 9.08. The Labute approximate surface area is 111 Å². The molecule has 0 amide bonds. The smallest absolute Gasteiger partial charge is 0.0642 e. The zero-order valence-electron chi connectivity index (χ0n) is 9.55. The van der Waals surface area contributed by atoms with Crippen LogP contribution < -0.4 is 4.90 Å². The van der Waals surface area contributed by atoms with Gasteiger partial charge in [-0.2, -0.15) is 0 Å². The van der Waals surface area contributed by atoms with E-state index in [1.807, 2.05) is 0 Å². The lowest BCUT2D eigenvalue weighted by molar-refractivity contribution is 0.645. The number of benzene rings is 1. The third-order valence-corrected chi connectivity index (χ3v) is 4.27. The predicted molar refractivity (Wildman–Crippen MR) is 74.7 cm³/mol. The molecule has 1 nitrogen and oxygen atoms in total. The number of anilines is 1. The Hall–Kier alpha value is -0.210. The van der Waals surface area contributed by atoms with E-state index in [4.69, 9.17) is 11.6 Å². The Bertz CT molecular complexity index is 367. The summed E-state index contributed by atoms with van der Waals surface area (Å²) < 4.78 is 0. The van der Waals surface area contributed by atoms with Crippen molar-refractivity contribution < 1.29 is 0 Å². The van der Waals surface area contributed by atoms with E-state index in [-0.39, 0.29) is 0 Å². The third kappa shape index (κ3) is 2.38. The van der Waals surface area contributed by atoms with Gasteiger partial charge >= 0.3 is 0 Å². The molecular weight excluding hydrogens is 286 g/mol. The highest BCUT2D eigenvalue weighted by atomic mass is 79.9. The molecule has 3 heteroatoms. The molecule has 0 bridgehead atoms. The Morgan fingerprint density at radius 2 is 2.31 bits per heavy atom. The van der Waals surface area contributed by atoms with Gasteiger partial charge in [-0.05, 0) is 37.0 Å². The maximum atomic E-state index is 6.35. The maximum Gasteiger partial charge on any atom is 0.0642 e. The summed E-state index contributed by atoms with van der Waals surface area (Å²) >= 11 is 9.80. The van der Waals surface area contributed by atoms with E-state index >= 15 is 0 Å². The van der Waals surface area contributed by atoms with Crippen molar-refractivity contribution in [1.29, 1.82) is 0 Å². The van der Waals surface area contributed by atoms with E-state index in [2.05, 4.69) is 46.0 Å². The van der Waals surface area contributed by atoms with Crippen molar-refractivity contribution >= 4 is 33.2 Å². The van der Waals surface area contributed by atoms with Gasteiger partial charge in [0.25, 0.3) is 0 Å². The lowest BCUT2D eigenvalue weighted by Crippen LogP contribution is -2.28. The number of hydrogen-bond donors (Lipinski definition) is 0. The summed E-state index contributed by atoms with van der Waals surface area (Å²) in [5.41, 5.74) is 2.44. The molecule has 1 saturated heterocycles. The minimum absolute atomic E-state index is 0.673. The van der Waals surface area contributed by atoms with E-state index in [0.717, 1.165) is 16.9 Å². The summed E-state index contributed by atoms with van der Waals surface area (Å²) in [6.45, 7) is 3.40. The summed E-state index contributed by atoms with van der Waals surface area (Å²) in [5.74, 6) is 0. The Balaban J connectivity index is 2.26. The lowest BCUT2D eigenvalue weighted by Gasteiger charge is -2.27. The molecule has 1 unspecified atom stereocenters. The van der Waals surface area contributed by atoms with Crippen LogP contribution in [-0.4, -0.2) is 12.6 Å². The Morgan fingerprint density at radius 3 is 2.94 bits per heavy atom. The normalized spacial score (nSPS) is 20.4. The van der Waals surface area contributed by atoms with Crippen LogP contribution >= 0.6 is 27.5 Å². The predicted octanol–water partition coefficient (Wildman–Crippen LogP) is 4.61. The first kappa shape index (κ1) is 12.3. The number of halogens is 2. The fourth-order valence-corrected chi connectivity index (χ4v) is 3.10. The SMILES string of the molecule is CCC1CCCN1c1ccc(CBr)cc1Cl. The molecule has 0 aliphatic carbocycles. The molecule has 2 rings (SSSR count). The number of alkyl halides is 1. The molecule has 1 aliphatic rings. The van der Waals surface area contributed by atoms with Crippen molar-refractivity contribution in [1.82, 2.24) is 0 Å². The minimum atomic E-state index is 0.673. The van der Waals surface area contributed by atoms with Gasteiger partial charge in [-0.3, -0.25) is 0 Å². The highest BCUT2D eigenvalue weighted by Crippen LogP contribution is 2.33. The Kier molecular flexibility index (Phi) is 4.15. The van der Waals surface area contributed by atoms with E-state index in [0.29, 0.717) is 6.04 Å². The minimum Gasteiger partial charge on any atom is -0.367 e. The number of nitrogens with zero attached hydrogens (tertiary/aromatic N) is 1. The zero-order chi connectivity index (χ0) is 11.5. The fraction of sp³-hybridized carbons (Fsp3) is 0.538. The quantitative estimate of drug-likeness (QED) is 0.737. The van der Waals surface area contributed by atoms with Crippen LogP contribution in [0.1, 0.15) is 31.7 Å². The lowest BCUT2D eigenvalue weighted by atomic mass is 10.1. The first-order valence-corrected chi connectivity index (χ1v) is 7.37. The van der Waals surface area contributed by atoms with Crippen LogP contribution in [-0.2, 0) is 5.33 Å². The van der Waals surface area contributed by atoms with Crippen molar-refractivity contribution in [2.75, 3.05) is 11.4 Å². The second-order valence-electron chi connectivity index (χ2n) is 4.32.